The number of fused-ring (bicyclic) bond motifs is 1. The second-order valence-corrected chi connectivity index (χ2v) is 5.08. The molecule has 0 fully saturated rings. The second kappa shape index (κ2) is 5.52. The van der Waals surface area contributed by atoms with Gasteiger partial charge in [0.25, 0.3) is 0 Å². The van der Waals surface area contributed by atoms with E-state index < -0.39 is 23.5 Å². The van der Waals surface area contributed by atoms with Crippen molar-refractivity contribution in [1.29, 1.82) is 0 Å². The van der Waals surface area contributed by atoms with Crippen molar-refractivity contribution in [1.82, 2.24) is 0 Å². The van der Waals surface area contributed by atoms with E-state index >= 15 is 0 Å². The fourth-order valence-electron chi connectivity index (χ4n) is 2.28. The average Bonchev–Trinajstić information content (AvgIpc) is 2.82. The van der Waals surface area contributed by atoms with E-state index in [1.807, 2.05) is 0 Å². The molecule has 2 aromatic carbocycles. The lowest BCUT2D eigenvalue weighted by Crippen LogP contribution is -2.05. The van der Waals surface area contributed by atoms with Gasteiger partial charge in [0.15, 0.2) is 5.76 Å². The number of ketones is 1. The van der Waals surface area contributed by atoms with Gasteiger partial charge < -0.3 is 9.84 Å². The van der Waals surface area contributed by atoms with Crippen LogP contribution in [0.3, 0.4) is 0 Å². The van der Waals surface area contributed by atoms with Crippen LogP contribution in [0.25, 0.3) is 6.08 Å². The zero-order valence-corrected chi connectivity index (χ0v) is 11.9. The minimum absolute atomic E-state index is 0.0631. The number of hydrogen-bond acceptors (Lipinski definition) is 3. The Morgan fingerprint density at radius 3 is 2.54 bits per heavy atom. The Kier molecular flexibility index (Phi) is 3.63. The number of halogens is 3. The summed E-state index contributed by atoms with van der Waals surface area (Å²) in [6, 6.07) is 8.25. The van der Waals surface area contributed by atoms with Gasteiger partial charge in [0.1, 0.15) is 5.75 Å². The van der Waals surface area contributed by atoms with Crippen LogP contribution < -0.4 is 4.74 Å². The number of ether oxygens (including phenoxy) is 1. The Balaban J connectivity index is 1.96. The SMILES string of the molecule is O=C(O)c1ccc2c(c1)C(=O)C(=Cc1cccc(C(F)(F)F)c1)O2. The zero-order valence-electron chi connectivity index (χ0n) is 11.9. The lowest BCUT2D eigenvalue weighted by molar-refractivity contribution is -0.137. The first-order chi connectivity index (χ1) is 11.3. The summed E-state index contributed by atoms with van der Waals surface area (Å²) in [5.41, 5.74) is -0.702. The van der Waals surface area contributed by atoms with E-state index in [0.717, 1.165) is 12.1 Å². The first kappa shape index (κ1) is 15.8. The highest BCUT2D eigenvalue weighted by Crippen LogP contribution is 2.34. The molecule has 24 heavy (non-hydrogen) atoms. The van der Waals surface area contributed by atoms with Gasteiger partial charge in [-0.2, -0.15) is 13.2 Å². The molecule has 0 atom stereocenters. The molecule has 122 valence electrons. The molecule has 0 saturated heterocycles. The third kappa shape index (κ3) is 2.88. The van der Waals surface area contributed by atoms with E-state index in [1.54, 1.807) is 0 Å². The van der Waals surface area contributed by atoms with Gasteiger partial charge in [-0.05, 0) is 42.0 Å². The topological polar surface area (TPSA) is 63.6 Å². The summed E-state index contributed by atoms with van der Waals surface area (Å²) >= 11 is 0. The van der Waals surface area contributed by atoms with Crippen molar-refractivity contribution in [3.8, 4) is 5.75 Å². The van der Waals surface area contributed by atoms with Crippen molar-refractivity contribution in [3.05, 3.63) is 70.5 Å². The molecule has 0 saturated carbocycles. The molecule has 0 aliphatic carbocycles. The predicted octanol–water partition coefficient (Wildman–Crippen LogP) is 4.02. The van der Waals surface area contributed by atoms with Crippen molar-refractivity contribution >= 4 is 17.8 Å². The molecule has 0 unspecified atom stereocenters. The highest BCUT2D eigenvalue weighted by atomic mass is 19.4. The fourth-order valence-corrected chi connectivity index (χ4v) is 2.28. The maximum atomic E-state index is 12.7. The van der Waals surface area contributed by atoms with Crippen LogP contribution >= 0.6 is 0 Å². The van der Waals surface area contributed by atoms with E-state index in [9.17, 15) is 22.8 Å². The summed E-state index contributed by atoms with van der Waals surface area (Å²) in [4.78, 5) is 23.2. The summed E-state index contributed by atoms with van der Waals surface area (Å²) in [7, 11) is 0. The Morgan fingerprint density at radius 1 is 1.12 bits per heavy atom. The quantitative estimate of drug-likeness (QED) is 0.843. The second-order valence-electron chi connectivity index (χ2n) is 5.08. The molecule has 0 amide bonds. The van der Waals surface area contributed by atoms with Gasteiger partial charge in [-0.25, -0.2) is 4.79 Å². The summed E-state index contributed by atoms with van der Waals surface area (Å²) in [5.74, 6) is -1.76. The molecule has 2 aromatic rings. The van der Waals surface area contributed by atoms with E-state index in [-0.39, 0.29) is 28.2 Å². The van der Waals surface area contributed by atoms with Gasteiger partial charge in [-0.1, -0.05) is 12.1 Å². The molecule has 0 radical (unpaired) electrons. The maximum Gasteiger partial charge on any atom is 0.416 e. The van der Waals surface area contributed by atoms with E-state index in [0.29, 0.717) is 0 Å². The lowest BCUT2D eigenvalue weighted by Gasteiger charge is -2.07. The van der Waals surface area contributed by atoms with Gasteiger partial charge in [0.05, 0.1) is 16.7 Å². The number of aromatic carboxylic acids is 1. The summed E-state index contributed by atoms with van der Waals surface area (Å²) in [6.07, 6.45) is -3.30. The van der Waals surface area contributed by atoms with Crippen LogP contribution in [0, 0.1) is 0 Å². The minimum atomic E-state index is -4.49. The molecule has 0 bridgehead atoms. The van der Waals surface area contributed by atoms with Crippen molar-refractivity contribution in [3.63, 3.8) is 0 Å². The van der Waals surface area contributed by atoms with Crippen molar-refractivity contribution < 1.29 is 32.6 Å². The predicted molar refractivity (Wildman–Crippen MR) is 77.8 cm³/mol. The third-order valence-electron chi connectivity index (χ3n) is 3.43. The van der Waals surface area contributed by atoms with Gasteiger partial charge in [0, 0.05) is 0 Å². The van der Waals surface area contributed by atoms with Crippen LogP contribution in [0.5, 0.6) is 5.75 Å². The third-order valence-corrected chi connectivity index (χ3v) is 3.43. The Hall–Kier alpha value is -3.09. The molecular weight excluding hydrogens is 325 g/mol. The molecule has 4 nitrogen and oxygen atoms in total. The van der Waals surface area contributed by atoms with E-state index in [4.69, 9.17) is 9.84 Å². The van der Waals surface area contributed by atoms with E-state index in [2.05, 4.69) is 0 Å². The molecule has 1 N–H and O–H groups in total. The Bertz CT molecular complexity index is 882. The molecule has 7 heteroatoms. The van der Waals surface area contributed by atoms with E-state index in [1.165, 1.54) is 36.4 Å². The van der Waals surface area contributed by atoms with Gasteiger partial charge in [-0.15, -0.1) is 0 Å². The fraction of sp³-hybridized carbons (Fsp3) is 0.0588. The lowest BCUT2D eigenvalue weighted by atomic mass is 10.1. The van der Waals surface area contributed by atoms with Crippen molar-refractivity contribution in [2.24, 2.45) is 0 Å². The van der Waals surface area contributed by atoms with Crippen LogP contribution in [0.15, 0.2) is 48.2 Å². The normalized spacial score (nSPS) is 15.3. The number of carboxylic acids is 1. The monoisotopic (exact) mass is 334 g/mol. The van der Waals surface area contributed by atoms with Crippen molar-refractivity contribution in [2.45, 2.75) is 6.18 Å². The van der Waals surface area contributed by atoms with Crippen LogP contribution in [0.1, 0.15) is 31.8 Å². The number of alkyl halides is 3. The molecule has 1 aliphatic heterocycles. The standard InChI is InChI=1S/C17H9F3O4/c18-17(19,20)11-3-1-2-9(6-11)7-14-15(21)12-8-10(16(22)23)4-5-13(12)24-14/h1-8H,(H,22,23). The number of benzene rings is 2. The van der Waals surface area contributed by atoms with Crippen LogP contribution in [-0.2, 0) is 6.18 Å². The number of carbonyl (C=O) groups is 2. The molecule has 1 heterocycles. The van der Waals surface area contributed by atoms with Gasteiger partial charge >= 0.3 is 12.1 Å². The minimum Gasteiger partial charge on any atom is -0.478 e. The van der Waals surface area contributed by atoms with Crippen molar-refractivity contribution in [2.75, 3.05) is 0 Å². The highest BCUT2D eigenvalue weighted by Gasteiger charge is 2.31. The summed E-state index contributed by atoms with van der Waals surface area (Å²) in [6.45, 7) is 0. The largest absolute Gasteiger partial charge is 0.478 e. The molecule has 0 aromatic heterocycles. The zero-order chi connectivity index (χ0) is 17.5. The average molecular weight is 334 g/mol. The summed E-state index contributed by atoms with van der Waals surface area (Å²) in [5, 5.41) is 8.94. The number of Topliss-reactive ketones (excluding diaryl/α,β-unsaturated/α-hetero) is 1. The number of allylic oxidation sites excluding steroid dienone is 1. The molecule has 0 spiro atoms. The summed E-state index contributed by atoms with van der Waals surface area (Å²) < 4.78 is 43.5. The smallest absolute Gasteiger partial charge is 0.416 e. The number of carbonyl (C=O) groups excluding carboxylic acids is 1. The first-order valence-corrected chi connectivity index (χ1v) is 6.74. The van der Waals surface area contributed by atoms with Crippen LogP contribution in [0.2, 0.25) is 0 Å². The highest BCUT2D eigenvalue weighted by molar-refractivity contribution is 6.15. The van der Waals surface area contributed by atoms with Crippen LogP contribution in [0.4, 0.5) is 13.2 Å². The first-order valence-electron chi connectivity index (χ1n) is 6.74. The Morgan fingerprint density at radius 2 is 1.88 bits per heavy atom. The van der Waals surface area contributed by atoms with Gasteiger partial charge in [0.2, 0.25) is 5.78 Å². The Labute approximate surface area is 133 Å². The number of hydrogen-bond donors (Lipinski definition) is 1. The molecule has 1 aliphatic rings. The number of carboxylic acid groups (broad SMARTS) is 1. The maximum absolute atomic E-state index is 12.7. The molecule has 3 rings (SSSR count). The molecular formula is C17H9F3O4. The van der Waals surface area contributed by atoms with Crippen LogP contribution in [-0.4, -0.2) is 16.9 Å². The number of rotatable bonds is 2. The van der Waals surface area contributed by atoms with Gasteiger partial charge in [-0.3, -0.25) is 4.79 Å².